The molecule has 0 atom stereocenters. The van der Waals surface area contributed by atoms with Crippen molar-refractivity contribution < 1.29 is 32.2 Å². The monoisotopic (exact) mass is 547 g/mol. The molecule has 210 valence electrons. The molecule has 0 saturated heterocycles. The van der Waals surface area contributed by atoms with E-state index in [2.05, 4.69) is 13.8 Å². The zero-order valence-corrected chi connectivity index (χ0v) is 24.3. The van der Waals surface area contributed by atoms with Gasteiger partial charge in [0.2, 0.25) is 15.9 Å². The number of nitrogens with one attached hydrogen (secondary N) is 1. The predicted octanol–water partition coefficient (Wildman–Crippen LogP) is 5.03. The zero-order chi connectivity index (χ0) is 28.5. The first-order valence-corrected chi connectivity index (χ1v) is 14.8. The third-order valence-corrected chi connectivity index (χ3v) is 5.77. The van der Waals surface area contributed by atoms with Crippen molar-refractivity contribution in [3.05, 3.63) is 53.1 Å². The first kappa shape index (κ1) is 31.1. The summed E-state index contributed by atoms with van der Waals surface area (Å²) in [7, 11) is -3.66. The summed E-state index contributed by atoms with van der Waals surface area (Å²) in [4.78, 5) is 25.7. The van der Waals surface area contributed by atoms with Crippen molar-refractivity contribution in [1.82, 2.24) is 4.72 Å². The highest BCUT2D eigenvalue weighted by molar-refractivity contribution is 7.89. The third-order valence-electron chi connectivity index (χ3n) is 5.17. The van der Waals surface area contributed by atoms with Gasteiger partial charge in [0, 0.05) is 18.1 Å². The van der Waals surface area contributed by atoms with E-state index in [0.717, 1.165) is 6.26 Å². The van der Waals surface area contributed by atoms with Crippen LogP contribution < -0.4 is 18.9 Å². The summed E-state index contributed by atoms with van der Waals surface area (Å²) in [5, 5.41) is 0. The van der Waals surface area contributed by atoms with Crippen LogP contribution in [0.3, 0.4) is 0 Å². The Hall–Kier alpha value is -3.07. The average molecular weight is 548 g/mol. The van der Waals surface area contributed by atoms with Crippen LogP contribution in [0.2, 0.25) is 0 Å². The number of ketones is 1. The Labute approximate surface area is 227 Å². The van der Waals surface area contributed by atoms with Gasteiger partial charge in [-0.3, -0.25) is 14.3 Å². The minimum atomic E-state index is -3.66. The predicted molar refractivity (Wildman–Crippen MR) is 149 cm³/mol. The van der Waals surface area contributed by atoms with Crippen molar-refractivity contribution in [3.8, 4) is 17.2 Å². The van der Waals surface area contributed by atoms with Crippen molar-refractivity contribution in [1.29, 1.82) is 0 Å². The highest BCUT2D eigenvalue weighted by Crippen LogP contribution is 2.30. The molecule has 38 heavy (non-hydrogen) atoms. The van der Waals surface area contributed by atoms with Crippen molar-refractivity contribution in [3.63, 3.8) is 0 Å². The van der Waals surface area contributed by atoms with Gasteiger partial charge in [-0.05, 0) is 60.1 Å². The molecule has 2 aromatic rings. The summed E-state index contributed by atoms with van der Waals surface area (Å²) in [5.74, 6) is 1.65. The standard InChI is InChI=1S/C29H41NO7S/c1-19(2)16-35-24-10-11-25(27(15-24)37-18-21(5)6)29(32)23-8-12-26(36-17-20(3)4)22(14-23)9-13-28(31)30-38(7,33)34/h8,10-12,14-15,19-21H,9,13,16-18H2,1-7H3,(H,30,31). The quantitative estimate of drug-likeness (QED) is 0.312. The van der Waals surface area contributed by atoms with Crippen LogP contribution in [0.25, 0.3) is 0 Å². The molecule has 0 radical (unpaired) electrons. The van der Waals surface area contributed by atoms with Gasteiger partial charge in [-0.15, -0.1) is 0 Å². The van der Waals surface area contributed by atoms with E-state index in [0.29, 0.717) is 59.7 Å². The van der Waals surface area contributed by atoms with Crippen LogP contribution in [-0.4, -0.2) is 46.2 Å². The normalized spacial score (nSPS) is 11.6. The Bertz CT molecular complexity index is 1200. The number of benzene rings is 2. The number of carbonyl (C=O) groups is 2. The number of hydrogen-bond donors (Lipinski definition) is 1. The van der Waals surface area contributed by atoms with E-state index >= 15 is 0 Å². The first-order valence-electron chi connectivity index (χ1n) is 13.0. The molecule has 1 N–H and O–H groups in total. The fourth-order valence-corrected chi connectivity index (χ4v) is 3.91. The van der Waals surface area contributed by atoms with E-state index in [-0.39, 0.29) is 30.5 Å². The molecule has 0 aliphatic rings. The molecule has 8 nitrogen and oxygen atoms in total. The number of carbonyl (C=O) groups excluding carboxylic acids is 2. The lowest BCUT2D eigenvalue weighted by Crippen LogP contribution is -2.29. The molecule has 0 aromatic heterocycles. The van der Waals surface area contributed by atoms with Crippen molar-refractivity contribution >= 4 is 21.7 Å². The van der Waals surface area contributed by atoms with Crippen LogP contribution in [0.1, 0.15) is 69.4 Å². The summed E-state index contributed by atoms with van der Waals surface area (Å²) in [6, 6.07) is 10.3. The Morgan fingerprint density at radius 3 is 1.95 bits per heavy atom. The topological polar surface area (TPSA) is 108 Å². The van der Waals surface area contributed by atoms with Gasteiger partial charge < -0.3 is 14.2 Å². The van der Waals surface area contributed by atoms with Crippen LogP contribution in [0.5, 0.6) is 17.2 Å². The van der Waals surface area contributed by atoms with Gasteiger partial charge in [-0.2, -0.15) is 0 Å². The molecule has 9 heteroatoms. The summed E-state index contributed by atoms with van der Waals surface area (Å²) in [6.07, 6.45) is 1.06. The molecule has 0 spiro atoms. The van der Waals surface area contributed by atoms with Crippen molar-refractivity contribution in [2.45, 2.75) is 54.4 Å². The Kier molecular flexibility index (Phi) is 11.6. The van der Waals surface area contributed by atoms with Crippen LogP contribution in [0.4, 0.5) is 0 Å². The van der Waals surface area contributed by atoms with Crippen LogP contribution in [0.15, 0.2) is 36.4 Å². The van der Waals surface area contributed by atoms with Crippen LogP contribution in [0, 0.1) is 17.8 Å². The van der Waals surface area contributed by atoms with Gasteiger partial charge >= 0.3 is 0 Å². The molecular weight excluding hydrogens is 506 g/mol. The molecule has 0 fully saturated rings. The van der Waals surface area contributed by atoms with Crippen LogP contribution in [-0.2, 0) is 21.2 Å². The minimum Gasteiger partial charge on any atom is -0.493 e. The third kappa shape index (κ3) is 10.7. The highest BCUT2D eigenvalue weighted by Gasteiger charge is 2.19. The number of hydrogen-bond acceptors (Lipinski definition) is 7. The van der Waals surface area contributed by atoms with E-state index in [9.17, 15) is 18.0 Å². The average Bonchev–Trinajstić information content (AvgIpc) is 2.82. The second-order valence-electron chi connectivity index (χ2n) is 10.7. The Balaban J connectivity index is 2.39. The maximum absolute atomic E-state index is 13.6. The van der Waals surface area contributed by atoms with E-state index in [1.807, 2.05) is 32.4 Å². The fourth-order valence-electron chi connectivity index (χ4n) is 3.39. The highest BCUT2D eigenvalue weighted by atomic mass is 32.2. The smallest absolute Gasteiger partial charge is 0.233 e. The molecule has 0 bridgehead atoms. The molecule has 1 amide bonds. The van der Waals surface area contributed by atoms with Crippen molar-refractivity contribution in [2.75, 3.05) is 26.1 Å². The lowest BCUT2D eigenvalue weighted by atomic mass is 9.98. The summed E-state index contributed by atoms with van der Waals surface area (Å²) in [5.41, 5.74) is 1.45. The van der Waals surface area contributed by atoms with Gasteiger partial charge in [0.15, 0.2) is 5.78 Å². The van der Waals surface area contributed by atoms with Crippen LogP contribution >= 0.6 is 0 Å². The lowest BCUT2D eigenvalue weighted by Gasteiger charge is -2.17. The Morgan fingerprint density at radius 2 is 1.37 bits per heavy atom. The summed E-state index contributed by atoms with van der Waals surface area (Å²) < 4.78 is 42.5. The molecule has 0 saturated carbocycles. The molecular formula is C29H41NO7S. The lowest BCUT2D eigenvalue weighted by molar-refractivity contribution is -0.119. The molecule has 0 unspecified atom stereocenters. The van der Waals surface area contributed by atoms with E-state index < -0.39 is 15.9 Å². The summed E-state index contributed by atoms with van der Waals surface area (Å²) >= 11 is 0. The zero-order valence-electron chi connectivity index (χ0n) is 23.5. The van der Waals surface area contributed by atoms with Gasteiger partial charge in [0.1, 0.15) is 17.2 Å². The molecule has 2 rings (SSSR count). The van der Waals surface area contributed by atoms with Gasteiger partial charge in [0.25, 0.3) is 0 Å². The van der Waals surface area contributed by atoms with E-state index in [4.69, 9.17) is 14.2 Å². The number of sulfonamides is 1. The number of aryl methyl sites for hydroxylation is 1. The second kappa shape index (κ2) is 14.2. The molecule has 0 aliphatic carbocycles. The Morgan fingerprint density at radius 1 is 0.789 bits per heavy atom. The number of amides is 1. The maximum atomic E-state index is 13.6. The van der Waals surface area contributed by atoms with Crippen molar-refractivity contribution in [2.24, 2.45) is 17.8 Å². The molecule has 0 heterocycles. The largest absolute Gasteiger partial charge is 0.493 e. The fraction of sp³-hybridized carbons (Fsp3) is 0.517. The second-order valence-corrected chi connectivity index (χ2v) is 12.5. The van der Waals surface area contributed by atoms with Gasteiger partial charge in [-0.1, -0.05) is 41.5 Å². The SMILES string of the molecule is CC(C)COc1ccc(C(=O)c2ccc(OCC(C)C)c(CCC(=O)NS(C)(=O)=O)c2)c(OCC(C)C)c1. The summed E-state index contributed by atoms with van der Waals surface area (Å²) in [6.45, 7) is 13.7. The first-order chi connectivity index (χ1) is 17.7. The number of ether oxygens (including phenoxy) is 3. The maximum Gasteiger partial charge on any atom is 0.233 e. The molecule has 0 aliphatic heterocycles. The van der Waals surface area contributed by atoms with Gasteiger partial charge in [-0.25, -0.2) is 8.42 Å². The van der Waals surface area contributed by atoms with E-state index in [1.165, 1.54) is 0 Å². The molecule has 2 aromatic carbocycles. The minimum absolute atomic E-state index is 0.0760. The van der Waals surface area contributed by atoms with E-state index in [1.54, 1.807) is 36.4 Å². The van der Waals surface area contributed by atoms with Gasteiger partial charge in [0.05, 0.1) is 31.6 Å². The number of rotatable bonds is 15.